The van der Waals surface area contributed by atoms with E-state index >= 15 is 0 Å². The van der Waals surface area contributed by atoms with Crippen LogP contribution in [0, 0.1) is 0 Å². The molecule has 0 aliphatic heterocycles. The number of rotatable bonds is 9. The molecule has 1 unspecified atom stereocenters. The molecule has 3 nitrogen and oxygen atoms in total. The van der Waals surface area contributed by atoms with E-state index in [2.05, 4.69) is 30.2 Å². The zero-order valence-electron chi connectivity index (χ0n) is 11.9. The minimum atomic E-state index is 0.379. The molecule has 0 amide bonds. The summed E-state index contributed by atoms with van der Waals surface area (Å²) in [5, 5.41) is 3.54. The van der Waals surface area contributed by atoms with Gasteiger partial charge >= 0.3 is 0 Å². The van der Waals surface area contributed by atoms with Crippen LogP contribution in [-0.2, 0) is 0 Å². The van der Waals surface area contributed by atoms with E-state index in [4.69, 9.17) is 4.74 Å². The Morgan fingerprint density at radius 1 is 1.28 bits per heavy atom. The van der Waals surface area contributed by atoms with Gasteiger partial charge in [0.2, 0.25) is 0 Å². The van der Waals surface area contributed by atoms with Gasteiger partial charge in [0.25, 0.3) is 0 Å². The zero-order valence-corrected chi connectivity index (χ0v) is 11.9. The Balaban J connectivity index is 2.64. The molecule has 0 aromatic carbocycles. The van der Waals surface area contributed by atoms with Gasteiger partial charge in [0, 0.05) is 17.8 Å². The molecule has 0 spiro atoms. The van der Waals surface area contributed by atoms with Crippen molar-refractivity contribution in [3.63, 3.8) is 0 Å². The summed E-state index contributed by atoms with van der Waals surface area (Å²) in [5.41, 5.74) is 1.23. The first kappa shape index (κ1) is 15.0. The number of hydrogen-bond donors (Lipinski definition) is 1. The molecule has 1 atom stereocenters. The average molecular weight is 250 g/mol. The van der Waals surface area contributed by atoms with E-state index in [-0.39, 0.29) is 0 Å². The summed E-state index contributed by atoms with van der Waals surface area (Å²) in [7, 11) is 1.71. The Bertz CT molecular complexity index is 328. The third-order valence-corrected chi connectivity index (χ3v) is 3.21. The van der Waals surface area contributed by atoms with Crippen LogP contribution in [0.15, 0.2) is 18.5 Å². The van der Waals surface area contributed by atoms with Crippen LogP contribution in [0.5, 0.6) is 5.75 Å². The van der Waals surface area contributed by atoms with Crippen molar-refractivity contribution in [3.8, 4) is 5.75 Å². The molecular weight excluding hydrogens is 224 g/mol. The second-order valence-electron chi connectivity index (χ2n) is 4.58. The van der Waals surface area contributed by atoms with Crippen molar-refractivity contribution >= 4 is 0 Å². The highest BCUT2D eigenvalue weighted by molar-refractivity contribution is 5.32. The van der Waals surface area contributed by atoms with E-state index in [9.17, 15) is 0 Å². The third kappa shape index (κ3) is 4.65. The fourth-order valence-corrected chi connectivity index (χ4v) is 2.24. The van der Waals surface area contributed by atoms with Gasteiger partial charge in [-0.25, -0.2) is 0 Å². The van der Waals surface area contributed by atoms with E-state index in [1.165, 1.54) is 31.2 Å². The van der Waals surface area contributed by atoms with Crippen LogP contribution in [0.3, 0.4) is 0 Å². The van der Waals surface area contributed by atoms with Crippen molar-refractivity contribution in [1.29, 1.82) is 0 Å². The summed E-state index contributed by atoms with van der Waals surface area (Å²) < 4.78 is 5.40. The number of pyridine rings is 1. The summed E-state index contributed by atoms with van der Waals surface area (Å²) in [6.45, 7) is 5.37. The molecule has 1 rings (SSSR count). The van der Waals surface area contributed by atoms with Crippen LogP contribution in [0.4, 0.5) is 0 Å². The second-order valence-corrected chi connectivity index (χ2v) is 4.58. The highest BCUT2D eigenvalue weighted by atomic mass is 16.5. The Hall–Kier alpha value is -1.09. The van der Waals surface area contributed by atoms with Gasteiger partial charge in [0.1, 0.15) is 5.75 Å². The van der Waals surface area contributed by atoms with E-state index in [0.717, 1.165) is 18.7 Å². The molecule has 1 aromatic heterocycles. The molecule has 3 heteroatoms. The minimum Gasteiger partial charge on any atom is -0.495 e. The predicted molar refractivity (Wildman–Crippen MR) is 76.0 cm³/mol. The van der Waals surface area contributed by atoms with Crippen LogP contribution in [0.1, 0.15) is 57.6 Å². The summed E-state index contributed by atoms with van der Waals surface area (Å²) in [4.78, 5) is 4.12. The minimum absolute atomic E-state index is 0.379. The van der Waals surface area contributed by atoms with Gasteiger partial charge in [-0.15, -0.1) is 0 Å². The standard InChI is InChI=1S/C15H26N2O/c1-4-6-7-8-9-14(17-5-2)13-10-11-16-12-15(13)18-3/h10-12,14,17H,4-9H2,1-3H3. The summed E-state index contributed by atoms with van der Waals surface area (Å²) >= 11 is 0. The summed E-state index contributed by atoms with van der Waals surface area (Å²) in [6, 6.07) is 2.44. The normalized spacial score (nSPS) is 12.4. The molecule has 0 aliphatic carbocycles. The van der Waals surface area contributed by atoms with Crippen LogP contribution in [0.2, 0.25) is 0 Å². The molecule has 0 radical (unpaired) electrons. The molecule has 1 heterocycles. The van der Waals surface area contributed by atoms with Crippen molar-refractivity contribution in [3.05, 3.63) is 24.0 Å². The zero-order chi connectivity index (χ0) is 13.2. The van der Waals surface area contributed by atoms with Crippen molar-refractivity contribution in [2.45, 2.75) is 52.0 Å². The number of aromatic nitrogens is 1. The van der Waals surface area contributed by atoms with Gasteiger partial charge in [-0.1, -0.05) is 39.5 Å². The lowest BCUT2D eigenvalue weighted by atomic mass is 10.00. The maximum atomic E-state index is 5.40. The average Bonchev–Trinajstić information content (AvgIpc) is 2.42. The smallest absolute Gasteiger partial charge is 0.141 e. The van der Waals surface area contributed by atoms with Gasteiger partial charge in [-0.2, -0.15) is 0 Å². The Kier molecular flexibility index (Phi) is 7.42. The fraction of sp³-hybridized carbons (Fsp3) is 0.667. The lowest BCUT2D eigenvalue weighted by molar-refractivity contribution is 0.391. The maximum Gasteiger partial charge on any atom is 0.141 e. The molecule has 18 heavy (non-hydrogen) atoms. The largest absolute Gasteiger partial charge is 0.495 e. The lowest BCUT2D eigenvalue weighted by Crippen LogP contribution is -2.21. The number of hydrogen-bond acceptors (Lipinski definition) is 3. The summed E-state index contributed by atoms with van der Waals surface area (Å²) in [5.74, 6) is 0.888. The fourth-order valence-electron chi connectivity index (χ4n) is 2.24. The molecule has 102 valence electrons. The Labute approximate surface area is 111 Å². The number of nitrogens with one attached hydrogen (secondary N) is 1. The Morgan fingerprint density at radius 3 is 2.78 bits per heavy atom. The summed E-state index contributed by atoms with van der Waals surface area (Å²) in [6.07, 6.45) is 9.98. The van der Waals surface area contributed by atoms with Crippen LogP contribution < -0.4 is 10.1 Å². The highest BCUT2D eigenvalue weighted by Gasteiger charge is 2.14. The molecule has 0 aliphatic rings. The van der Waals surface area contributed by atoms with Crippen LogP contribution in [0.25, 0.3) is 0 Å². The van der Waals surface area contributed by atoms with Crippen molar-refractivity contribution in [2.24, 2.45) is 0 Å². The van der Waals surface area contributed by atoms with Crippen LogP contribution >= 0.6 is 0 Å². The molecule has 1 N–H and O–H groups in total. The molecule has 0 bridgehead atoms. The maximum absolute atomic E-state index is 5.40. The van der Waals surface area contributed by atoms with Gasteiger partial charge < -0.3 is 10.1 Å². The van der Waals surface area contributed by atoms with Gasteiger partial charge in [0.05, 0.1) is 13.3 Å². The highest BCUT2D eigenvalue weighted by Crippen LogP contribution is 2.27. The van der Waals surface area contributed by atoms with E-state index in [0.29, 0.717) is 6.04 Å². The number of ether oxygens (including phenoxy) is 1. The van der Waals surface area contributed by atoms with Gasteiger partial charge in [-0.3, -0.25) is 4.98 Å². The second kappa shape index (κ2) is 8.92. The molecule has 0 saturated heterocycles. The van der Waals surface area contributed by atoms with Crippen molar-refractivity contribution in [1.82, 2.24) is 10.3 Å². The third-order valence-electron chi connectivity index (χ3n) is 3.21. The molecule has 0 saturated carbocycles. The quantitative estimate of drug-likeness (QED) is 0.678. The first-order chi connectivity index (χ1) is 8.83. The Morgan fingerprint density at radius 2 is 2.11 bits per heavy atom. The molecule has 1 aromatic rings. The first-order valence-electron chi connectivity index (χ1n) is 7.04. The van der Waals surface area contributed by atoms with Crippen LogP contribution in [-0.4, -0.2) is 18.6 Å². The topological polar surface area (TPSA) is 34.2 Å². The molecular formula is C15H26N2O. The number of unbranched alkanes of at least 4 members (excludes halogenated alkanes) is 3. The lowest BCUT2D eigenvalue weighted by Gasteiger charge is -2.20. The molecule has 0 fully saturated rings. The number of nitrogens with zero attached hydrogens (tertiary/aromatic N) is 1. The monoisotopic (exact) mass is 250 g/mol. The van der Waals surface area contributed by atoms with E-state index in [1.807, 2.05) is 6.20 Å². The van der Waals surface area contributed by atoms with Crippen molar-refractivity contribution < 1.29 is 4.74 Å². The van der Waals surface area contributed by atoms with Crippen molar-refractivity contribution in [2.75, 3.05) is 13.7 Å². The van der Waals surface area contributed by atoms with Gasteiger partial charge in [-0.05, 0) is 19.0 Å². The predicted octanol–water partition coefficient (Wildman–Crippen LogP) is 3.71. The van der Waals surface area contributed by atoms with E-state index in [1.54, 1.807) is 13.3 Å². The van der Waals surface area contributed by atoms with E-state index < -0.39 is 0 Å². The SMILES string of the molecule is CCCCCCC(NCC)c1ccncc1OC. The van der Waals surface area contributed by atoms with Gasteiger partial charge in [0.15, 0.2) is 0 Å². The number of methoxy groups -OCH3 is 1. The first-order valence-corrected chi connectivity index (χ1v) is 7.04.